The van der Waals surface area contributed by atoms with Crippen LogP contribution in [0.15, 0.2) is 18.2 Å². The molecule has 24 heavy (non-hydrogen) atoms. The Morgan fingerprint density at radius 1 is 1.33 bits per heavy atom. The molecule has 2 aliphatic rings. The Labute approximate surface area is 139 Å². The lowest BCUT2D eigenvalue weighted by atomic mass is 9.99. The topological polar surface area (TPSA) is 108 Å². The van der Waals surface area contributed by atoms with Gasteiger partial charge in [0.2, 0.25) is 5.91 Å². The molecule has 3 rings (SSSR count). The van der Waals surface area contributed by atoms with Crippen LogP contribution in [0, 0.1) is 10.1 Å². The molecule has 130 valence electrons. The molecule has 8 nitrogen and oxygen atoms in total. The summed E-state index contributed by atoms with van der Waals surface area (Å²) < 4.78 is 11.3. The zero-order valence-corrected chi connectivity index (χ0v) is 13.3. The minimum atomic E-state index is -0.673. The molecule has 1 amide bonds. The van der Waals surface area contributed by atoms with Gasteiger partial charge >= 0.3 is 0 Å². The molecule has 0 radical (unpaired) electrons. The summed E-state index contributed by atoms with van der Waals surface area (Å²) in [6.07, 6.45) is 2.80. The molecule has 0 bridgehead atoms. The number of nitro groups is 1. The summed E-state index contributed by atoms with van der Waals surface area (Å²) in [4.78, 5) is 24.3. The van der Waals surface area contributed by atoms with Crippen molar-refractivity contribution in [2.45, 2.75) is 38.1 Å². The maximum atomic E-state index is 11.4. The molecule has 1 aromatic carbocycles. The maximum absolute atomic E-state index is 11.4. The van der Waals surface area contributed by atoms with Crippen LogP contribution in [0.5, 0.6) is 0 Å². The van der Waals surface area contributed by atoms with E-state index in [0.717, 1.165) is 25.8 Å². The van der Waals surface area contributed by atoms with Gasteiger partial charge in [-0.25, -0.2) is 0 Å². The van der Waals surface area contributed by atoms with Gasteiger partial charge in [-0.05, 0) is 25.5 Å². The van der Waals surface area contributed by atoms with Crippen molar-refractivity contribution >= 4 is 11.6 Å². The fourth-order valence-corrected chi connectivity index (χ4v) is 3.36. The number of ether oxygens (including phenoxy) is 2. The van der Waals surface area contributed by atoms with E-state index < -0.39 is 10.8 Å². The van der Waals surface area contributed by atoms with Crippen LogP contribution >= 0.6 is 0 Å². The van der Waals surface area contributed by atoms with Crippen molar-refractivity contribution in [1.82, 2.24) is 4.90 Å². The van der Waals surface area contributed by atoms with Gasteiger partial charge in [0.1, 0.15) is 0 Å². The van der Waals surface area contributed by atoms with E-state index >= 15 is 0 Å². The summed E-state index contributed by atoms with van der Waals surface area (Å²) in [6.45, 7) is 2.43. The number of hydrogen-bond donors (Lipinski definition) is 1. The zero-order valence-electron chi connectivity index (χ0n) is 13.3. The van der Waals surface area contributed by atoms with Crippen LogP contribution in [0.4, 0.5) is 5.69 Å². The summed E-state index contributed by atoms with van der Waals surface area (Å²) in [6, 6.07) is 4.49. The largest absolute Gasteiger partial charge is 0.366 e. The molecular formula is C16H21N3O5. The highest BCUT2D eigenvalue weighted by Crippen LogP contribution is 2.29. The number of carbonyl (C=O) groups is 1. The smallest absolute Gasteiger partial charge is 0.274 e. The molecule has 0 saturated carbocycles. The van der Waals surface area contributed by atoms with Crippen LogP contribution in [0.3, 0.4) is 0 Å². The highest BCUT2D eigenvalue weighted by molar-refractivity contribution is 5.93. The van der Waals surface area contributed by atoms with Gasteiger partial charge < -0.3 is 15.2 Å². The molecule has 0 aromatic heterocycles. The predicted molar refractivity (Wildman–Crippen MR) is 85.4 cm³/mol. The second-order valence-corrected chi connectivity index (χ2v) is 6.11. The standard InChI is InChI=1S/C16H21N3O5/c17-15(20)11-4-5-12(14(9-11)19(21)22)10-18-6-2-1-3-13(18)16-23-7-8-24-16/h4-5,9,13,16H,1-3,6-8,10H2,(H2,17,20). The number of nitro benzene ring substituents is 1. The first-order valence-corrected chi connectivity index (χ1v) is 8.10. The molecule has 2 saturated heterocycles. The Hall–Kier alpha value is -2.03. The van der Waals surface area contributed by atoms with Gasteiger partial charge in [0, 0.05) is 23.7 Å². The van der Waals surface area contributed by atoms with Crippen molar-refractivity contribution in [2.75, 3.05) is 19.8 Å². The Morgan fingerprint density at radius 2 is 2.08 bits per heavy atom. The third-order valence-corrected chi connectivity index (χ3v) is 4.57. The van der Waals surface area contributed by atoms with E-state index in [-0.39, 0.29) is 23.6 Å². The molecule has 2 aliphatic heterocycles. The predicted octanol–water partition coefficient (Wildman–Crippen LogP) is 1.42. The van der Waals surface area contributed by atoms with Crippen LogP contribution in [0.2, 0.25) is 0 Å². The van der Waals surface area contributed by atoms with E-state index in [1.807, 2.05) is 0 Å². The highest BCUT2D eigenvalue weighted by Gasteiger charge is 2.34. The van der Waals surface area contributed by atoms with Gasteiger partial charge in [0.15, 0.2) is 6.29 Å². The van der Waals surface area contributed by atoms with Crippen molar-refractivity contribution in [3.8, 4) is 0 Å². The van der Waals surface area contributed by atoms with Crippen molar-refractivity contribution in [3.63, 3.8) is 0 Å². The molecule has 0 spiro atoms. The number of benzene rings is 1. The van der Waals surface area contributed by atoms with Crippen LogP contribution < -0.4 is 5.73 Å². The molecule has 1 aromatic rings. The first kappa shape index (κ1) is 16.8. The third-order valence-electron chi connectivity index (χ3n) is 4.57. The lowest BCUT2D eigenvalue weighted by Crippen LogP contribution is -2.46. The number of likely N-dealkylation sites (tertiary alicyclic amines) is 1. The number of primary amides is 1. The van der Waals surface area contributed by atoms with Crippen molar-refractivity contribution in [1.29, 1.82) is 0 Å². The van der Waals surface area contributed by atoms with Gasteiger partial charge in [-0.15, -0.1) is 0 Å². The fraction of sp³-hybridized carbons (Fsp3) is 0.562. The van der Waals surface area contributed by atoms with Gasteiger partial charge in [0.05, 0.1) is 24.2 Å². The van der Waals surface area contributed by atoms with Crippen LogP contribution in [-0.2, 0) is 16.0 Å². The molecule has 2 N–H and O–H groups in total. The normalized spacial score (nSPS) is 22.6. The Balaban J connectivity index is 1.82. The number of piperidine rings is 1. The minimum absolute atomic E-state index is 0.0797. The van der Waals surface area contributed by atoms with E-state index in [0.29, 0.717) is 25.3 Å². The molecule has 1 unspecified atom stereocenters. The lowest BCUT2D eigenvalue weighted by molar-refractivity contribution is -0.385. The highest BCUT2D eigenvalue weighted by atomic mass is 16.7. The Kier molecular flexibility index (Phi) is 5.08. The summed E-state index contributed by atoms with van der Waals surface area (Å²) in [5, 5.41) is 11.4. The van der Waals surface area contributed by atoms with E-state index in [1.54, 1.807) is 6.07 Å². The van der Waals surface area contributed by atoms with E-state index in [2.05, 4.69) is 4.90 Å². The Bertz CT molecular complexity index is 630. The first-order chi connectivity index (χ1) is 11.6. The number of nitrogens with two attached hydrogens (primary N) is 1. The molecule has 8 heteroatoms. The summed E-state index contributed by atoms with van der Waals surface area (Å²) >= 11 is 0. The summed E-state index contributed by atoms with van der Waals surface area (Å²) in [7, 11) is 0. The molecule has 0 aliphatic carbocycles. The van der Waals surface area contributed by atoms with E-state index in [1.165, 1.54) is 12.1 Å². The van der Waals surface area contributed by atoms with E-state index in [9.17, 15) is 14.9 Å². The van der Waals surface area contributed by atoms with E-state index in [4.69, 9.17) is 15.2 Å². The van der Waals surface area contributed by atoms with Crippen molar-refractivity contribution in [2.24, 2.45) is 5.73 Å². The average Bonchev–Trinajstić information content (AvgIpc) is 3.09. The van der Waals surface area contributed by atoms with Gasteiger partial charge in [0.25, 0.3) is 5.69 Å². The van der Waals surface area contributed by atoms with Crippen molar-refractivity contribution < 1.29 is 19.2 Å². The van der Waals surface area contributed by atoms with Gasteiger partial charge in [-0.3, -0.25) is 19.8 Å². The van der Waals surface area contributed by atoms with Gasteiger partial charge in [-0.2, -0.15) is 0 Å². The van der Waals surface area contributed by atoms with Gasteiger partial charge in [-0.1, -0.05) is 12.5 Å². The monoisotopic (exact) mass is 335 g/mol. The lowest BCUT2D eigenvalue weighted by Gasteiger charge is -2.37. The minimum Gasteiger partial charge on any atom is -0.366 e. The molecule has 2 fully saturated rings. The van der Waals surface area contributed by atoms with Crippen LogP contribution in [-0.4, -0.2) is 47.8 Å². The quantitative estimate of drug-likeness (QED) is 0.644. The summed E-state index contributed by atoms with van der Waals surface area (Å²) in [5.74, 6) is -0.673. The van der Waals surface area contributed by atoms with Crippen molar-refractivity contribution in [3.05, 3.63) is 39.4 Å². The fourth-order valence-electron chi connectivity index (χ4n) is 3.36. The average molecular weight is 335 g/mol. The maximum Gasteiger partial charge on any atom is 0.274 e. The second-order valence-electron chi connectivity index (χ2n) is 6.11. The summed E-state index contributed by atoms with van der Waals surface area (Å²) in [5.41, 5.74) is 5.84. The number of carbonyl (C=O) groups excluding carboxylic acids is 1. The second kappa shape index (κ2) is 7.25. The SMILES string of the molecule is NC(=O)c1ccc(CN2CCCCC2C2OCCO2)c([N+](=O)[O-])c1. The number of rotatable bonds is 5. The number of amides is 1. The van der Waals surface area contributed by atoms with Crippen LogP contribution in [0.25, 0.3) is 0 Å². The zero-order chi connectivity index (χ0) is 17.1. The molecular weight excluding hydrogens is 314 g/mol. The number of nitrogens with zero attached hydrogens (tertiary/aromatic N) is 2. The molecule has 2 heterocycles. The first-order valence-electron chi connectivity index (χ1n) is 8.10. The van der Waals surface area contributed by atoms with Crippen LogP contribution in [0.1, 0.15) is 35.2 Å². The number of hydrogen-bond acceptors (Lipinski definition) is 6. The third kappa shape index (κ3) is 3.55. The molecule has 1 atom stereocenters. The Morgan fingerprint density at radius 3 is 2.75 bits per heavy atom.